The lowest BCUT2D eigenvalue weighted by molar-refractivity contribution is -0.169. The summed E-state index contributed by atoms with van der Waals surface area (Å²) in [5.74, 6) is -0.559. The first-order chi connectivity index (χ1) is 19.4. The number of unbranched alkanes of at least 4 members (excludes halogenated alkanes) is 3. The van der Waals surface area contributed by atoms with Gasteiger partial charge >= 0.3 is 5.97 Å². The highest BCUT2D eigenvalue weighted by atomic mass is 32.1. The number of carbonyl (C=O) groups excluding carboxylic acids is 1. The Balaban J connectivity index is 1.25. The summed E-state index contributed by atoms with van der Waals surface area (Å²) in [6.45, 7) is 15.1. The van der Waals surface area contributed by atoms with Gasteiger partial charge in [-0.25, -0.2) is 4.79 Å². The van der Waals surface area contributed by atoms with Crippen molar-refractivity contribution in [3.63, 3.8) is 0 Å². The van der Waals surface area contributed by atoms with Gasteiger partial charge < -0.3 is 23.9 Å². The highest BCUT2D eigenvalue weighted by molar-refractivity contribution is 7.12. The topological polar surface area (TPSA) is 68.2 Å². The minimum absolute atomic E-state index is 0.152. The molecule has 1 fully saturated rings. The van der Waals surface area contributed by atoms with Crippen LogP contribution in [0, 0.1) is 0 Å². The Kier molecular flexibility index (Phi) is 13.5. The van der Waals surface area contributed by atoms with Crippen molar-refractivity contribution < 1.29 is 23.8 Å². The van der Waals surface area contributed by atoms with E-state index in [0.29, 0.717) is 15.8 Å². The molecule has 0 spiro atoms. The molecule has 0 bridgehead atoms. The lowest BCUT2D eigenvalue weighted by Gasteiger charge is -2.36. The van der Waals surface area contributed by atoms with Crippen LogP contribution >= 0.6 is 22.7 Å². The Morgan fingerprint density at radius 3 is 2.02 bits per heavy atom. The van der Waals surface area contributed by atoms with Crippen molar-refractivity contribution in [3.8, 4) is 0 Å². The summed E-state index contributed by atoms with van der Waals surface area (Å²) in [4.78, 5) is 16.9. The van der Waals surface area contributed by atoms with E-state index in [2.05, 4.69) is 45.8 Å². The lowest BCUT2D eigenvalue weighted by Crippen LogP contribution is -2.42. The van der Waals surface area contributed by atoms with E-state index in [9.17, 15) is 9.90 Å². The van der Waals surface area contributed by atoms with Gasteiger partial charge in [-0.2, -0.15) is 0 Å². The van der Waals surface area contributed by atoms with E-state index in [1.54, 1.807) is 12.1 Å². The molecule has 2 heterocycles. The van der Waals surface area contributed by atoms with Crippen molar-refractivity contribution in [1.29, 1.82) is 0 Å². The first kappa shape index (κ1) is 34.4. The Hall–Kier alpha value is -1.07. The average Bonchev–Trinajstić information content (AvgIpc) is 3.66. The molecule has 0 radical (unpaired) electrons. The summed E-state index contributed by atoms with van der Waals surface area (Å²) >= 11 is 2.75. The summed E-state index contributed by atoms with van der Waals surface area (Å²) in [6.07, 6.45) is 9.17. The minimum Gasteiger partial charge on any atom is -0.460 e. The zero-order chi connectivity index (χ0) is 29.9. The van der Waals surface area contributed by atoms with Crippen molar-refractivity contribution in [1.82, 2.24) is 4.90 Å². The maximum Gasteiger partial charge on any atom is 0.349 e. The van der Waals surface area contributed by atoms with E-state index < -0.39 is 19.9 Å². The Morgan fingerprint density at radius 1 is 0.927 bits per heavy atom. The van der Waals surface area contributed by atoms with Gasteiger partial charge in [0.25, 0.3) is 0 Å². The molecule has 6 nitrogen and oxygen atoms in total. The zero-order valence-electron chi connectivity index (χ0n) is 26.2. The molecule has 2 aromatic heterocycles. The molecule has 3 rings (SSSR count). The van der Waals surface area contributed by atoms with Crippen LogP contribution in [0.3, 0.4) is 0 Å². The number of nitrogens with zero attached hydrogens (tertiary/aromatic N) is 1. The van der Waals surface area contributed by atoms with Crippen LogP contribution in [0.15, 0.2) is 35.0 Å². The SMILES string of the molecule is CN(CCCOCCCCCCO[Si](C)(C)C(C)(C)C)C1CCC(OC(=O)C(O)(c2cccs2)c2cccs2)CC1. The first-order valence-corrected chi connectivity index (χ1v) is 20.1. The highest BCUT2D eigenvalue weighted by Gasteiger charge is 2.45. The first-order valence-electron chi connectivity index (χ1n) is 15.4. The van der Waals surface area contributed by atoms with Gasteiger partial charge in [-0.1, -0.05) is 45.7 Å². The van der Waals surface area contributed by atoms with Gasteiger partial charge in [-0.3, -0.25) is 0 Å². The summed E-state index contributed by atoms with van der Waals surface area (Å²) in [5.41, 5.74) is -1.73. The smallest absolute Gasteiger partial charge is 0.349 e. The van der Waals surface area contributed by atoms with Gasteiger partial charge in [0, 0.05) is 32.4 Å². The van der Waals surface area contributed by atoms with E-state index >= 15 is 0 Å². The molecule has 0 atom stereocenters. The van der Waals surface area contributed by atoms with Gasteiger partial charge in [0.1, 0.15) is 6.10 Å². The van der Waals surface area contributed by atoms with Crippen LogP contribution in [0.5, 0.6) is 0 Å². The number of ether oxygens (including phenoxy) is 2. The van der Waals surface area contributed by atoms with Gasteiger partial charge in [-0.05, 0) is 93.0 Å². The van der Waals surface area contributed by atoms with Gasteiger partial charge in [0.05, 0.1) is 9.75 Å². The molecule has 2 aromatic rings. The molecular formula is C32H53NO5S2Si. The minimum atomic E-state index is -1.73. The number of hydrogen-bond donors (Lipinski definition) is 1. The second-order valence-corrected chi connectivity index (χ2v) is 19.7. The number of aliphatic hydroxyl groups is 1. The molecule has 1 saturated carbocycles. The fourth-order valence-electron chi connectivity index (χ4n) is 5.04. The fraction of sp³-hybridized carbons (Fsp3) is 0.719. The molecule has 1 aliphatic carbocycles. The number of esters is 1. The van der Waals surface area contributed by atoms with Crippen LogP contribution in [0.4, 0.5) is 0 Å². The van der Waals surface area contributed by atoms with Crippen molar-refractivity contribution in [3.05, 3.63) is 44.8 Å². The maximum absolute atomic E-state index is 13.2. The second kappa shape index (κ2) is 16.1. The molecule has 232 valence electrons. The predicted molar refractivity (Wildman–Crippen MR) is 173 cm³/mol. The van der Waals surface area contributed by atoms with Crippen molar-refractivity contribution >= 4 is 37.0 Å². The van der Waals surface area contributed by atoms with Crippen LogP contribution in [0.2, 0.25) is 18.1 Å². The second-order valence-electron chi connectivity index (χ2n) is 13.0. The molecule has 0 aliphatic heterocycles. The van der Waals surface area contributed by atoms with E-state index in [0.717, 1.165) is 71.3 Å². The van der Waals surface area contributed by atoms with Gasteiger partial charge in [0.15, 0.2) is 8.32 Å². The normalized spacial score (nSPS) is 18.6. The number of carbonyl (C=O) groups is 1. The number of thiophene rings is 2. The van der Waals surface area contributed by atoms with Crippen molar-refractivity contribution in [2.24, 2.45) is 0 Å². The molecule has 0 unspecified atom stereocenters. The van der Waals surface area contributed by atoms with E-state index in [4.69, 9.17) is 13.9 Å². The largest absolute Gasteiger partial charge is 0.460 e. The summed E-state index contributed by atoms with van der Waals surface area (Å²) in [6, 6.07) is 7.80. The van der Waals surface area contributed by atoms with Crippen molar-refractivity contribution in [2.45, 2.75) is 114 Å². The van der Waals surface area contributed by atoms with Crippen LogP contribution < -0.4 is 0 Å². The fourth-order valence-corrected chi connectivity index (χ4v) is 7.84. The van der Waals surface area contributed by atoms with Crippen LogP contribution in [-0.2, 0) is 24.3 Å². The molecule has 41 heavy (non-hydrogen) atoms. The molecule has 0 aromatic carbocycles. The van der Waals surface area contributed by atoms with E-state index in [1.165, 1.54) is 35.5 Å². The summed E-state index contributed by atoms with van der Waals surface area (Å²) < 4.78 is 18.1. The highest BCUT2D eigenvalue weighted by Crippen LogP contribution is 2.38. The summed E-state index contributed by atoms with van der Waals surface area (Å²) in [7, 11) is 0.579. The van der Waals surface area contributed by atoms with E-state index in [1.807, 2.05) is 22.9 Å². The van der Waals surface area contributed by atoms with Crippen molar-refractivity contribution in [2.75, 3.05) is 33.4 Å². The van der Waals surface area contributed by atoms with Crippen LogP contribution in [0.1, 0.15) is 88.3 Å². The predicted octanol–water partition coefficient (Wildman–Crippen LogP) is 7.82. The molecule has 1 aliphatic rings. The third kappa shape index (κ3) is 9.98. The van der Waals surface area contributed by atoms with Crippen LogP contribution in [0.25, 0.3) is 0 Å². The number of hydrogen-bond acceptors (Lipinski definition) is 8. The number of rotatable bonds is 17. The lowest BCUT2D eigenvalue weighted by atomic mass is 9.91. The Morgan fingerprint density at radius 2 is 1.49 bits per heavy atom. The van der Waals surface area contributed by atoms with Gasteiger partial charge in [-0.15, -0.1) is 22.7 Å². The monoisotopic (exact) mass is 623 g/mol. The van der Waals surface area contributed by atoms with Gasteiger partial charge in [0.2, 0.25) is 5.60 Å². The molecule has 0 amide bonds. The average molecular weight is 624 g/mol. The zero-order valence-corrected chi connectivity index (χ0v) is 28.8. The van der Waals surface area contributed by atoms with E-state index in [-0.39, 0.29) is 11.1 Å². The quantitative estimate of drug-likeness (QED) is 0.110. The summed E-state index contributed by atoms with van der Waals surface area (Å²) in [5, 5.41) is 15.5. The molecule has 0 saturated heterocycles. The third-order valence-electron chi connectivity index (χ3n) is 8.84. The maximum atomic E-state index is 13.2. The Labute approximate surface area is 257 Å². The standard InChI is InChI=1S/C32H53NO5S2Si/c1-31(2,3)41(5,6)37-23-10-8-7-9-21-36-22-13-20-33(4)26-16-18-27(19-17-26)38-30(34)32(35,28-14-11-24-39-28)29-15-12-25-40-29/h11-12,14-15,24-27,35H,7-10,13,16-23H2,1-6H3. The molecule has 1 N–H and O–H groups in total. The molecule has 9 heteroatoms. The Bertz CT molecular complexity index is 964. The van der Waals surface area contributed by atoms with Crippen LogP contribution in [-0.4, -0.2) is 69.9 Å². The molecular weight excluding hydrogens is 571 g/mol. The third-order valence-corrected chi connectivity index (χ3v) is 15.3.